The molecule has 0 aliphatic carbocycles. The van der Waals surface area contributed by atoms with Crippen LogP contribution in [0.2, 0.25) is 0 Å². The maximum atomic E-state index is 9.33. The molecular weight excluding hydrogens is 190 g/mol. The third kappa shape index (κ3) is 2.34. The topological polar surface area (TPSA) is 74.9 Å². The predicted molar refractivity (Wildman–Crippen MR) is 59.5 cm³/mol. The lowest BCUT2D eigenvalue weighted by atomic mass is 10.2. The lowest BCUT2D eigenvalue weighted by molar-refractivity contribution is 0.172. The van der Waals surface area contributed by atoms with Crippen LogP contribution in [0.3, 0.4) is 0 Å². The van der Waals surface area contributed by atoms with Gasteiger partial charge in [-0.15, -0.1) is 0 Å². The first-order valence-corrected chi connectivity index (χ1v) is 5.11. The molecule has 80 valence electrons. The summed E-state index contributed by atoms with van der Waals surface area (Å²) in [5.41, 5.74) is 7.33. The van der Waals surface area contributed by atoms with Crippen molar-refractivity contribution in [3.8, 4) is 0 Å². The second kappa shape index (κ2) is 4.42. The highest BCUT2D eigenvalue weighted by atomic mass is 16.3. The van der Waals surface area contributed by atoms with Crippen LogP contribution in [0, 0.1) is 0 Å². The van der Waals surface area contributed by atoms with Crippen molar-refractivity contribution in [3.05, 3.63) is 30.1 Å². The van der Waals surface area contributed by atoms with Crippen LogP contribution in [0.1, 0.15) is 12.2 Å². The molecule has 0 amide bonds. The minimum atomic E-state index is -0.432. The van der Waals surface area contributed by atoms with Gasteiger partial charge in [0.1, 0.15) is 5.82 Å². The summed E-state index contributed by atoms with van der Waals surface area (Å²) in [5.74, 6) is 0.906. The number of benzene rings is 1. The number of hydrogen-bond acceptors (Lipinski definition) is 3. The molecular formula is C11H15N3O. The Bertz CT molecular complexity index is 405. The summed E-state index contributed by atoms with van der Waals surface area (Å²) in [6, 6.07) is 7.89. The van der Waals surface area contributed by atoms with E-state index >= 15 is 0 Å². The molecule has 0 aliphatic rings. The molecule has 4 N–H and O–H groups in total. The molecule has 0 bridgehead atoms. The highest BCUT2D eigenvalue weighted by molar-refractivity contribution is 5.74. The van der Waals surface area contributed by atoms with Gasteiger partial charge in [0, 0.05) is 13.0 Å². The zero-order chi connectivity index (χ0) is 10.7. The maximum absolute atomic E-state index is 9.33. The van der Waals surface area contributed by atoms with Crippen molar-refractivity contribution < 1.29 is 5.11 Å². The summed E-state index contributed by atoms with van der Waals surface area (Å²) >= 11 is 0. The van der Waals surface area contributed by atoms with Gasteiger partial charge in [-0.3, -0.25) is 0 Å². The van der Waals surface area contributed by atoms with E-state index in [0.717, 1.165) is 23.3 Å². The normalized spacial score (nSPS) is 13.2. The van der Waals surface area contributed by atoms with Gasteiger partial charge in [-0.2, -0.15) is 0 Å². The smallest absolute Gasteiger partial charge is 0.107 e. The Balaban J connectivity index is 2.09. The molecule has 0 saturated heterocycles. The molecule has 1 atom stereocenters. The Labute approximate surface area is 88.1 Å². The van der Waals surface area contributed by atoms with Crippen molar-refractivity contribution >= 4 is 11.0 Å². The fourth-order valence-electron chi connectivity index (χ4n) is 1.55. The molecule has 1 aromatic heterocycles. The number of aromatic amines is 1. The molecule has 1 unspecified atom stereocenters. The van der Waals surface area contributed by atoms with E-state index in [0.29, 0.717) is 13.0 Å². The monoisotopic (exact) mass is 205 g/mol. The van der Waals surface area contributed by atoms with Gasteiger partial charge >= 0.3 is 0 Å². The summed E-state index contributed by atoms with van der Waals surface area (Å²) in [7, 11) is 0. The number of hydrogen-bond donors (Lipinski definition) is 3. The maximum Gasteiger partial charge on any atom is 0.107 e. The Morgan fingerprint density at radius 1 is 1.40 bits per heavy atom. The van der Waals surface area contributed by atoms with Crippen LogP contribution in [-0.4, -0.2) is 27.7 Å². The predicted octanol–water partition coefficient (Wildman–Crippen LogP) is 0.815. The second-order valence-corrected chi connectivity index (χ2v) is 3.63. The number of nitrogens with one attached hydrogen (secondary N) is 1. The molecule has 0 saturated carbocycles. The van der Waals surface area contributed by atoms with Gasteiger partial charge < -0.3 is 15.8 Å². The molecule has 1 aromatic carbocycles. The number of H-pyrrole nitrogens is 1. The molecule has 4 nitrogen and oxygen atoms in total. The SMILES string of the molecule is NCC(O)CCc1nc2ccccc2[nH]1. The van der Waals surface area contributed by atoms with E-state index in [9.17, 15) is 5.11 Å². The van der Waals surface area contributed by atoms with E-state index in [1.165, 1.54) is 0 Å². The quantitative estimate of drug-likeness (QED) is 0.691. The van der Waals surface area contributed by atoms with E-state index in [1.807, 2.05) is 24.3 Å². The highest BCUT2D eigenvalue weighted by Gasteiger charge is 2.05. The number of para-hydroxylation sites is 2. The van der Waals surface area contributed by atoms with Gasteiger partial charge in [-0.25, -0.2) is 4.98 Å². The minimum absolute atomic E-state index is 0.306. The fraction of sp³-hybridized carbons (Fsp3) is 0.364. The van der Waals surface area contributed by atoms with E-state index in [4.69, 9.17) is 5.73 Å². The number of nitrogens with two attached hydrogens (primary N) is 1. The molecule has 1 heterocycles. The number of aryl methyl sites for hydroxylation is 1. The highest BCUT2D eigenvalue weighted by Crippen LogP contribution is 2.11. The van der Waals surface area contributed by atoms with Crippen molar-refractivity contribution in [2.45, 2.75) is 18.9 Å². The van der Waals surface area contributed by atoms with Crippen LogP contribution >= 0.6 is 0 Å². The average molecular weight is 205 g/mol. The zero-order valence-electron chi connectivity index (χ0n) is 8.48. The van der Waals surface area contributed by atoms with Crippen LogP contribution in [0.5, 0.6) is 0 Å². The first kappa shape index (κ1) is 10.1. The van der Waals surface area contributed by atoms with E-state index in [2.05, 4.69) is 9.97 Å². The van der Waals surface area contributed by atoms with Crippen LogP contribution < -0.4 is 5.73 Å². The fourth-order valence-corrected chi connectivity index (χ4v) is 1.55. The second-order valence-electron chi connectivity index (χ2n) is 3.63. The lowest BCUT2D eigenvalue weighted by Gasteiger charge is -2.04. The lowest BCUT2D eigenvalue weighted by Crippen LogP contribution is -2.20. The third-order valence-electron chi connectivity index (χ3n) is 2.42. The Morgan fingerprint density at radius 2 is 2.20 bits per heavy atom. The number of aliphatic hydroxyl groups is 1. The summed E-state index contributed by atoms with van der Waals surface area (Å²) in [6.45, 7) is 0.306. The van der Waals surface area contributed by atoms with E-state index in [-0.39, 0.29) is 0 Å². The molecule has 0 spiro atoms. The molecule has 0 fully saturated rings. The molecule has 15 heavy (non-hydrogen) atoms. The number of aromatic nitrogens is 2. The van der Waals surface area contributed by atoms with Crippen molar-refractivity contribution in [2.75, 3.05) is 6.54 Å². The Hall–Kier alpha value is -1.39. The zero-order valence-corrected chi connectivity index (χ0v) is 8.48. The summed E-state index contributed by atoms with van der Waals surface area (Å²) < 4.78 is 0. The van der Waals surface area contributed by atoms with Gasteiger partial charge in [0.15, 0.2) is 0 Å². The van der Waals surface area contributed by atoms with Gasteiger partial charge in [0.2, 0.25) is 0 Å². The van der Waals surface area contributed by atoms with Gasteiger partial charge in [-0.05, 0) is 18.6 Å². The van der Waals surface area contributed by atoms with Crippen molar-refractivity contribution in [1.82, 2.24) is 9.97 Å². The van der Waals surface area contributed by atoms with Crippen LogP contribution in [0.25, 0.3) is 11.0 Å². The van der Waals surface area contributed by atoms with Crippen LogP contribution in [0.15, 0.2) is 24.3 Å². The number of fused-ring (bicyclic) bond motifs is 1. The Kier molecular flexibility index (Phi) is 2.99. The van der Waals surface area contributed by atoms with Crippen molar-refractivity contribution in [3.63, 3.8) is 0 Å². The van der Waals surface area contributed by atoms with Crippen LogP contribution in [-0.2, 0) is 6.42 Å². The molecule has 0 radical (unpaired) electrons. The Morgan fingerprint density at radius 3 is 2.93 bits per heavy atom. The van der Waals surface area contributed by atoms with Crippen LogP contribution in [0.4, 0.5) is 0 Å². The average Bonchev–Trinajstić information content (AvgIpc) is 2.68. The summed E-state index contributed by atoms with van der Waals surface area (Å²) in [5, 5.41) is 9.33. The number of aliphatic hydroxyl groups excluding tert-OH is 1. The summed E-state index contributed by atoms with van der Waals surface area (Å²) in [4.78, 5) is 7.62. The number of nitrogens with zero attached hydrogens (tertiary/aromatic N) is 1. The molecule has 2 aromatic rings. The van der Waals surface area contributed by atoms with E-state index in [1.54, 1.807) is 0 Å². The minimum Gasteiger partial charge on any atom is -0.392 e. The standard InChI is InChI=1S/C11H15N3O/c12-7-8(15)5-6-11-13-9-3-1-2-4-10(9)14-11/h1-4,8,15H,5-7,12H2,(H,13,14). The number of imidazole rings is 1. The largest absolute Gasteiger partial charge is 0.392 e. The van der Waals surface area contributed by atoms with Crippen molar-refractivity contribution in [2.24, 2.45) is 5.73 Å². The molecule has 0 aliphatic heterocycles. The first-order chi connectivity index (χ1) is 7.29. The number of rotatable bonds is 4. The van der Waals surface area contributed by atoms with E-state index < -0.39 is 6.10 Å². The van der Waals surface area contributed by atoms with Gasteiger partial charge in [0.05, 0.1) is 17.1 Å². The van der Waals surface area contributed by atoms with Gasteiger partial charge in [0.25, 0.3) is 0 Å². The third-order valence-corrected chi connectivity index (χ3v) is 2.42. The van der Waals surface area contributed by atoms with Crippen molar-refractivity contribution in [1.29, 1.82) is 0 Å². The molecule has 4 heteroatoms. The van der Waals surface area contributed by atoms with Gasteiger partial charge in [-0.1, -0.05) is 12.1 Å². The first-order valence-electron chi connectivity index (χ1n) is 5.11. The molecule has 2 rings (SSSR count). The summed E-state index contributed by atoms with van der Waals surface area (Å²) in [6.07, 6.45) is 0.946.